The van der Waals surface area contributed by atoms with E-state index in [1.165, 1.54) is 4.88 Å². The second kappa shape index (κ2) is 7.66. The fraction of sp³-hybridized carbons (Fsp3) is 0.471. The Kier molecular flexibility index (Phi) is 6.08. The fourth-order valence-corrected chi connectivity index (χ4v) is 3.69. The van der Waals surface area contributed by atoms with Gasteiger partial charge in [-0.1, -0.05) is 12.1 Å². The number of ether oxygens (including phenoxy) is 1. The first-order chi connectivity index (χ1) is 10.8. The summed E-state index contributed by atoms with van der Waals surface area (Å²) in [5, 5.41) is 0. The first kappa shape index (κ1) is 18.3. The van der Waals surface area contributed by atoms with Crippen molar-refractivity contribution in [3.05, 3.63) is 35.0 Å². The second-order valence-electron chi connectivity index (χ2n) is 6.32. The van der Waals surface area contributed by atoms with E-state index in [1.54, 1.807) is 18.4 Å². The summed E-state index contributed by atoms with van der Waals surface area (Å²) in [6.45, 7) is 8.55. The Hall–Kier alpha value is -1.08. The average molecular weight is 353 g/mol. The molecule has 0 fully saturated rings. The van der Waals surface area contributed by atoms with Crippen LogP contribution in [-0.2, 0) is 17.8 Å². The number of nitrogens with zero attached hydrogens (tertiary/aromatic N) is 1. The Morgan fingerprint density at radius 1 is 1.35 bits per heavy atom. The molecule has 0 amide bonds. The molecule has 0 spiro atoms. The van der Waals surface area contributed by atoms with E-state index in [9.17, 15) is 4.55 Å². The van der Waals surface area contributed by atoms with Crippen LogP contribution >= 0.6 is 11.3 Å². The number of hydrogen-bond donors (Lipinski definition) is 1. The molecule has 6 heteroatoms. The van der Waals surface area contributed by atoms with E-state index in [2.05, 4.69) is 27.9 Å². The SMILES string of the molecule is COc1cc(-c2scnc2C)ccc1CCN[S+]([O-])C(C)(C)C. The predicted octanol–water partition coefficient (Wildman–Crippen LogP) is 3.72. The zero-order chi connectivity index (χ0) is 17.0. The number of hydrogen-bond acceptors (Lipinski definition) is 5. The third-order valence-electron chi connectivity index (χ3n) is 3.48. The molecule has 0 aliphatic heterocycles. The third-order valence-corrected chi connectivity index (χ3v) is 6.03. The normalized spacial score (nSPS) is 13.1. The van der Waals surface area contributed by atoms with Crippen molar-refractivity contribution < 1.29 is 9.29 Å². The minimum Gasteiger partial charge on any atom is -0.598 e. The molecule has 1 unspecified atom stereocenters. The van der Waals surface area contributed by atoms with Gasteiger partial charge in [-0.25, -0.2) is 4.98 Å². The summed E-state index contributed by atoms with van der Waals surface area (Å²) in [6.07, 6.45) is 0.771. The van der Waals surface area contributed by atoms with Gasteiger partial charge < -0.3 is 9.29 Å². The van der Waals surface area contributed by atoms with Crippen LogP contribution in [-0.4, -0.2) is 27.9 Å². The molecule has 1 heterocycles. The highest BCUT2D eigenvalue weighted by molar-refractivity contribution is 7.90. The molecule has 1 aromatic heterocycles. The summed E-state index contributed by atoms with van der Waals surface area (Å²) in [5.41, 5.74) is 5.12. The minimum absolute atomic E-state index is 0.252. The maximum atomic E-state index is 12.0. The Balaban J connectivity index is 2.07. The number of aryl methyl sites for hydroxylation is 1. The smallest absolute Gasteiger partial charge is 0.136 e. The lowest BCUT2D eigenvalue weighted by Gasteiger charge is -2.23. The van der Waals surface area contributed by atoms with Crippen LogP contribution in [0.3, 0.4) is 0 Å². The minimum atomic E-state index is -1.05. The molecule has 1 atom stereocenters. The summed E-state index contributed by atoms with van der Waals surface area (Å²) >= 11 is 0.584. The lowest BCUT2D eigenvalue weighted by atomic mass is 10.1. The highest BCUT2D eigenvalue weighted by Gasteiger charge is 2.25. The van der Waals surface area contributed by atoms with Crippen LogP contribution in [0.5, 0.6) is 5.75 Å². The van der Waals surface area contributed by atoms with Crippen LogP contribution in [0.2, 0.25) is 0 Å². The van der Waals surface area contributed by atoms with Gasteiger partial charge in [-0.15, -0.1) is 16.1 Å². The lowest BCUT2D eigenvalue weighted by Crippen LogP contribution is -2.40. The molecular formula is C17H24N2O2S2. The van der Waals surface area contributed by atoms with Crippen molar-refractivity contribution in [3.8, 4) is 16.2 Å². The fourth-order valence-electron chi connectivity index (χ4n) is 2.17. The van der Waals surface area contributed by atoms with Gasteiger partial charge in [0, 0.05) is 17.9 Å². The van der Waals surface area contributed by atoms with Gasteiger partial charge in [0.2, 0.25) is 0 Å². The summed E-state index contributed by atoms with van der Waals surface area (Å²) in [7, 11) is 1.68. The van der Waals surface area contributed by atoms with Gasteiger partial charge in [0.25, 0.3) is 0 Å². The topological polar surface area (TPSA) is 57.2 Å². The van der Waals surface area contributed by atoms with Gasteiger partial charge in [0.15, 0.2) is 0 Å². The van der Waals surface area contributed by atoms with Crippen molar-refractivity contribution in [2.24, 2.45) is 0 Å². The van der Waals surface area contributed by atoms with Gasteiger partial charge in [0.05, 0.1) is 23.2 Å². The van der Waals surface area contributed by atoms with Crippen LogP contribution in [0.25, 0.3) is 10.4 Å². The monoisotopic (exact) mass is 352 g/mol. The number of nitrogens with one attached hydrogen (secondary N) is 1. The molecule has 23 heavy (non-hydrogen) atoms. The Labute approximate surface area is 145 Å². The van der Waals surface area contributed by atoms with Crippen LogP contribution in [0, 0.1) is 6.92 Å². The first-order valence-electron chi connectivity index (χ1n) is 7.55. The summed E-state index contributed by atoms with van der Waals surface area (Å²) in [4.78, 5) is 5.47. The van der Waals surface area contributed by atoms with Crippen molar-refractivity contribution >= 4 is 22.7 Å². The van der Waals surface area contributed by atoms with E-state index in [-0.39, 0.29) is 4.75 Å². The summed E-state index contributed by atoms with van der Waals surface area (Å²) in [5.74, 6) is 0.860. The Morgan fingerprint density at radius 3 is 2.65 bits per heavy atom. The van der Waals surface area contributed by atoms with E-state index >= 15 is 0 Å². The van der Waals surface area contributed by atoms with Gasteiger partial charge in [-0.05, 0) is 51.3 Å². The third kappa shape index (κ3) is 4.70. The zero-order valence-electron chi connectivity index (χ0n) is 14.3. The highest BCUT2D eigenvalue weighted by Crippen LogP contribution is 2.31. The molecule has 4 nitrogen and oxygen atoms in total. The van der Waals surface area contributed by atoms with Crippen molar-refractivity contribution in [3.63, 3.8) is 0 Å². The van der Waals surface area contributed by atoms with E-state index in [4.69, 9.17) is 4.74 Å². The van der Waals surface area contributed by atoms with Gasteiger partial charge in [-0.3, -0.25) is 0 Å². The average Bonchev–Trinajstić information content (AvgIpc) is 2.92. The predicted molar refractivity (Wildman–Crippen MR) is 98.4 cm³/mol. The van der Waals surface area contributed by atoms with Gasteiger partial charge >= 0.3 is 0 Å². The molecule has 0 saturated heterocycles. The largest absolute Gasteiger partial charge is 0.598 e. The maximum absolute atomic E-state index is 12.0. The van der Waals surface area contributed by atoms with Gasteiger partial charge in [-0.2, -0.15) is 0 Å². The van der Waals surface area contributed by atoms with E-state index in [1.807, 2.05) is 33.2 Å². The Morgan fingerprint density at radius 2 is 2.09 bits per heavy atom. The molecule has 1 aromatic carbocycles. The molecule has 0 aliphatic carbocycles. The first-order valence-corrected chi connectivity index (χ1v) is 9.58. The Bertz CT molecular complexity index is 650. The lowest BCUT2D eigenvalue weighted by molar-refractivity contribution is 0.409. The molecule has 2 aromatic rings. The van der Waals surface area contributed by atoms with Gasteiger partial charge in [0.1, 0.15) is 10.5 Å². The van der Waals surface area contributed by atoms with Crippen LogP contribution in [0.15, 0.2) is 23.7 Å². The second-order valence-corrected chi connectivity index (χ2v) is 9.22. The summed E-state index contributed by atoms with van der Waals surface area (Å²) in [6, 6.07) is 6.23. The number of thiazole rings is 1. The van der Waals surface area contributed by atoms with Crippen LogP contribution < -0.4 is 9.46 Å². The molecule has 126 valence electrons. The van der Waals surface area contributed by atoms with Crippen molar-refractivity contribution in [1.29, 1.82) is 0 Å². The molecular weight excluding hydrogens is 328 g/mol. The van der Waals surface area contributed by atoms with Crippen molar-refractivity contribution in [2.45, 2.75) is 38.9 Å². The molecule has 1 N–H and O–H groups in total. The number of rotatable bonds is 6. The number of benzene rings is 1. The van der Waals surface area contributed by atoms with E-state index in [0.717, 1.165) is 29.0 Å². The van der Waals surface area contributed by atoms with Crippen molar-refractivity contribution in [1.82, 2.24) is 9.71 Å². The molecule has 2 rings (SSSR count). The number of methoxy groups -OCH3 is 1. The maximum Gasteiger partial charge on any atom is 0.136 e. The van der Waals surface area contributed by atoms with Crippen LogP contribution in [0.4, 0.5) is 0 Å². The summed E-state index contributed by atoms with van der Waals surface area (Å²) < 4.78 is 20.4. The standard InChI is InChI=1S/C17H24N2O2S2/c1-12-16(22-11-18-12)14-7-6-13(15(10-14)21-5)8-9-19-23(20)17(2,3)4/h6-7,10-11,19H,8-9H2,1-5H3. The quantitative estimate of drug-likeness (QED) is 0.805. The molecule has 0 aliphatic rings. The molecule has 0 saturated carbocycles. The zero-order valence-corrected chi connectivity index (χ0v) is 15.9. The van der Waals surface area contributed by atoms with E-state index in [0.29, 0.717) is 6.54 Å². The molecule has 0 bridgehead atoms. The highest BCUT2D eigenvalue weighted by atomic mass is 32.2. The molecule has 0 radical (unpaired) electrons. The number of aromatic nitrogens is 1. The van der Waals surface area contributed by atoms with Crippen LogP contribution in [0.1, 0.15) is 32.0 Å². The van der Waals surface area contributed by atoms with E-state index < -0.39 is 11.4 Å². The van der Waals surface area contributed by atoms with Crippen molar-refractivity contribution in [2.75, 3.05) is 13.7 Å².